The van der Waals surface area contributed by atoms with Gasteiger partial charge in [0.1, 0.15) is 6.10 Å². The Morgan fingerprint density at radius 3 is 1.97 bits per heavy atom. The highest BCUT2D eigenvalue weighted by Gasteiger charge is 2.48. The minimum Gasteiger partial charge on any atom is -0.385 e. The summed E-state index contributed by atoms with van der Waals surface area (Å²) >= 11 is 0. The lowest BCUT2D eigenvalue weighted by atomic mass is 10.00. The fraction of sp³-hybridized carbons (Fsp3) is 0.333. The molecule has 0 aliphatic carbocycles. The number of ether oxygens (including phenoxy) is 1. The van der Waals surface area contributed by atoms with Gasteiger partial charge in [-0.2, -0.15) is 0 Å². The molecule has 0 bridgehead atoms. The number of carbonyl (C=O) groups excluding carboxylic acids is 2. The summed E-state index contributed by atoms with van der Waals surface area (Å²) in [6, 6.07) is 27.4. The second-order valence-corrected chi connectivity index (χ2v) is 9.61. The molecule has 3 aromatic rings. The van der Waals surface area contributed by atoms with Gasteiger partial charge in [-0.25, -0.2) is 4.79 Å². The van der Waals surface area contributed by atoms with Crippen LogP contribution in [-0.2, 0) is 16.1 Å². The Morgan fingerprint density at radius 1 is 0.889 bits per heavy atom. The molecule has 1 saturated heterocycles. The SMILES string of the molecule is CC(C)[C@H]1CN([C@H](C)c2ccccc2)C(=O)N1C(=O)[C@H](OCc1ccccc1)[C@H](O)c1ccccc1. The summed E-state index contributed by atoms with van der Waals surface area (Å²) in [6.07, 6.45) is -2.45. The van der Waals surface area contributed by atoms with Gasteiger partial charge in [-0.3, -0.25) is 9.69 Å². The van der Waals surface area contributed by atoms with E-state index >= 15 is 0 Å². The van der Waals surface area contributed by atoms with E-state index < -0.39 is 18.1 Å². The number of amides is 3. The number of hydrogen-bond donors (Lipinski definition) is 1. The lowest BCUT2D eigenvalue weighted by molar-refractivity contribution is -0.152. The van der Waals surface area contributed by atoms with Gasteiger partial charge < -0.3 is 14.7 Å². The van der Waals surface area contributed by atoms with Crippen molar-refractivity contribution in [1.82, 2.24) is 9.80 Å². The number of imide groups is 1. The lowest BCUT2D eigenvalue weighted by Gasteiger charge is -2.30. The maximum absolute atomic E-state index is 14.0. The van der Waals surface area contributed by atoms with E-state index in [1.165, 1.54) is 4.90 Å². The zero-order valence-corrected chi connectivity index (χ0v) is 21.0. The van der Waals surface area contributed by atoms with E-state index in [1.54, 1.807) is 29.2 Å². The average Bonchev–Trinajstić information content (AvgIpc) is 3.27. The molecule has 1 aliphatic heterocycles. The van der Waals surface area contributed by atoms with Gasteiger partial charge in [0.15, 0.2) is 6.10 Å². The van der Waals surface area contributed by atoms with Crippen LogP contribution in [0.3, 0.4) is 0 Å². The number of carbonyl (C=O) groups is 2. The summed E-state index contributed by atoms with van der Waals surface area (Å²) in [7, 11) is 0. The summed E-state index contributed by atoms with van der Waals surface area (Å²) < 4.78 is 6.06. The first-order valence-corrected chi connectivity index (χ1v) is 12.5. The molecule has 0 aromatic heterocycles. The van der Waals surface area contributed by atoms with E-state index in [-0.39, 0.29) is 30.6 Å². The Labute approximate surface area is 213 Å². The van der Waals surface area contributed by atoms with Crippen LogP contribution in [0.4, 0.5) is 4.79 Å². The summed E-state index contributed by atoms with van der Waals surface area (Å²) in [5, 5.41) is 11.3. The molecule has 1 N–H and O–H groups in total. The van der Waals surface area contributed by atoms with E-state index in [2.05, 4.69) is 0 Å². The van der Waals surface area contributed by atoms with Crippen LogP contribution >= 0.6 is 0 Å². The number of urea groups is 1. The third-order valence-electron chi connectivity index (χ3n) is 6.87. The molecule has 0 unspecified atom stereocenters. The molecular weight excluding hydrogens is 452 g/mol. The largest absolute Gasteiger partial charge is 0.385 e. The monoisotopic (exact) mass is 486 g/mol. The van der Waals surface area contributed by atoms with Crippen LogP contribution < -0.4 is 0 Å². The molecule has 1 aliphatic rings. The van der Waals surface area contributed by atoms with E-state index in [9.17, 15) is 14.7 Å². The van der Waals surface area contributed by atoms with E-state index in [0.717, 1.165) is 11.1 Å². The summed E-state index contributed by atoms with van der Waals surface area (Å²) in [4.78, 5) is 30.8. The number of hydrogen-bond acceptors (Lipinski definition) is 4. The number of aliphatic hydroxyl groups is 1. The van der Waals surface area contributed by atoms with Crippen molar-refractivity contribution in [2.24, 2.45) is 5.92 Å². The quantitative estimate of drug-likeness (QED) is 0.442. The Bertz CT molecular complexity index is 1140. The van der Waals surface area contributed by atoms with Crippen molar-refractivity contribution in [3.63, 3.8) is 0 Å². The zero-order chi connectivity index (χ0) is 25.7. The predicted molar refractivity (Wildman–Crippen MR) is 139 cm³/mol. The Balaban J connectivity index is 1.63. The van der Waals surface area contributed by atoms with Gasteiger partial charge in [-0.15, -0.1) is 0 Å². The molecule has 0 spiro atoms. The smallest absolute Gasteiger partial charge is 0.327 e. The fourth-order valence-corrected chi connectivity index (χ4v) is 4.66. The van der Waals surface area contributed by atoms with Crippen molar-refractivity contribution in [2.45, 2.75) is 51.7 Å². The highest BCUT2D eigenvalue weighted by atomic mass is 16.5. The Morgan fingerprint density at radius 2 is 1.42 bits per heavy atom. The van der Waals surface area contributed by atoms with Gasteiger partial charge in [0.05, 0.1) is 18.7 Å². The van der Waals surface area contributed by atoms with Gasteiger partial charge in [0, 0.05) is 6.54 Å². The van der Waals surface area contributed by atoms with Crippen molar-refractivity contribution < 1.29 is 19.4 Å². The molecule has 6 nitrogen and oxygen atoms in total. The maximum atomic E-state index is 14.0. The summed E-state index contributed by atoms with van der Waals surface area (Å²) in [5.41, 5.74) is 2.44. The number of benzene rings is 3. The van der Waals surface area contributed by atoms with Gasteiger partial charge in [0.25, 0.3) is 5.91 Å². The minimum absolute atomic E-state index is 0.0366. The lowest BCUT2D eigenvalue weighted by Crippen LogP contribution is -2.49. The third kappa shape index (κ3) is 5.50. The fourth-order valence-electron chi connectivity index (χ4n) is 4.66. The topological polar surface area (TPSA) is 70.1 Å². The van der Waals surface area contributed by atoms with E-state index in [1.807, 2.05) is 87.5 Å². The van der Waals surface area contributed by atoms with Crippen molar-refractivity contribution >= 4 is 11.9 Å². The van der Waals surface area contributed by atoms with Gasteiger partial charge >= 0.3 is 6.03 Å². The van der Waals surface area contributed by atoms with Crippen LogP contribution in [0.1, 0.15) is 49.6 Å². The first kappa shape index (κ1) is 25.6. The molecule has 6 heteroatoms. The van der Waals surface area contributed by atoms with Crippen LogP contribution in [0.25, 0.3) is 0 Å². The molecule has 3 amide bonds. The predicted octanol–water partition coefficient (Wildman–Crippen LogP) is 5.36. The van der Waals surface area contributed by atoms with Gasteiger partial charge in [-0.1, -0.05) is 105 Å². The summed E-state index contributed by atoms with van der Waals surface area (Å²) in [5.74, 6) is -0.483. The van der Waals surface area contributed by atoms with Crippen LogP contribution in [-0.4, -0.2) is 45.5 Å². The molecule has 36 heavy (non-hydrogen) atoms. The van der Waals surface area contributed by atoms with Crippen molar-refractivity contribution in [3.05, 3.63) is 108 Å². The van der Waals surface area contributed by atoms with Gasteiger partial charge in [0.2, 0.25) is 0 Å². The molecular formula is C30H34N2O4. The molecule has 0 radical (unpaired) electrons. The van der Waals surface area contributed by atoms with Crippen LogP contribution in [0, 0.1) is 5.92 Å². The molecule has 188 valence electrons. The Hall–Kier alpha value is -3.48. The first-order chi connectivity index (χ1) is 17.4. The van der Waals surface area contributed by atoms with Crippen molar-refractivity contribution in [1.29, 1.82) is 0 Å². The first-order valence-electron chi connectivity index (χ1n) is 12.5. The Kier molecular flexibility index (Phi) is 8.18. The molecule has 1 fully saturated rings. The average molecular weight is 487 g/mol. The second-order valence-electron chi connectivity index (χ2n) is 9.61. The zero-order valence-electron chi connectivity index (χ0n) is 21.0. The van der Waals surface area contributed by atoms with Crippen LogP contribution in [0.5, 0.6) is 0 Å². The van der Waals surface area contributed by atoms with Crippen LogP contribution in [0.2, 0.25) is 0 Å². The normalized spacial score (nSPS) is 18.4. The van der Waals surface area contributed by atoms with Crippen molar-refractivity contribution in [3.8, 4) is 0 Å². The van der Waals surface area contributed by atoms with Crippen molar-refractivity contribution in [2.75, 3.05) is 6.54 Å². The minimum atomic E-state index is -1.23. The second kappa shape index (κ2) is 11.5. The number of aliphatic hydroxyl groups excluding tert-OH is 1. The molecule has 4 rings (SSSR count). The number of nitrogens with zero attached hydrogens (tertiary/aromatic N) is 2. The van der Waals surface area contributed by atoms with Gasteiger partial charge in [-0.05, 0) is 29.5 Å². The maximum Gasteiger partial charge on any atom is 0.327 e. The molecule has 1 heterocycles. The number of rotatable bonds is 9. The van der Waals surface area contributed by atoms with Crippen LogP contribution in [0.15, 0.2) is 91.0 Å². The van der Waals surface area contributed by atoms with E-state index in [4.69, 9.17) is 4.74 Å². The highest BCUT2D eigenvalue weighted by molar-refractivity contribution is 5.99. The summed E-state index contributed by atoms with van der Waals surface area (Å²) in [6.45, 7) is 6.54. The highest BCUT2D eigenvalue weighted by Crippen LogP contribution is 2.33. The molecule has 3 aromatic carbocycles. The third-order valence-corrected chi connectivity index (χ3v) is 6.87. The molecule has 4 atom stereocenters. The molecule has 0 saturated carbocycles. The standard InChI is InChI=1S/C30H34N2O4/c1-21(2)26-19-31(22(3)24-15-9-5-10-16-24)30(35)32(26)29(34)28(27(33)25-17-11-6-12-18-25)36-20-23-13-7-4-8-14-23/h4-18,21-22,26-28,33H,19-20H2,1-3H3/t22-,26-,27-,28-/m1/s1. The van der Waals surface area contributed by atoms with E-state index in [0.29, 0.717) is 12.1 Å².